The number of hydrogen-bond acceptors (Lipinski definition) is 6. The van der Waals surface area contributed by atoms with Crippen LogP contribution >= 0.6 is 11.6 Å². The van der Waals surface area contributed by atoms with Crippen LogP contribution in [0.15, 0.2) is 55.1 Å². The lowest BCUT2D eigenvalue weighted by Gasteiger charge is -2.22. The molecule has 4 N–H and O–H groups in total. The van der Waals surface area contributed by atoms with Gasteiger partial charge in [0.25, 0.3) is 11.8 Å². The normalized spacial score (nSPS) is 14.6. The second kappa shape index (κ2) is 10.3. The summed E-state index contributed by atoms with van der Waals surface area (Å²) in [5, 5.41) is 13.0. The van der Waals surface area contributed by atoms with Crippen molar-refractivity contribution in [3.05, 3.63) is 88.1 Å². The highest BCUT2D eigenvalue weighted by atomic mass is 35.5. The highest BCUT2D eigenvalue weighted by molar-refractivity contribution is 6.34. The first kappa shape index (κ1) is 26.4. The van der Waals surface area contributed by atoms with Crippen LogP contribution in [0.5, 0.6) is 0 Å². The van der Waals surface area contributed by atoms with E-state index >= 15 is 0 Å². The molecule has 206 valence electrons. The molecule has 12 heteroatoms. The molecule has 1 amide bonds. The van der Waals surface area contributed by atoms with Crippen molar-refractivity contribution in [1.29, 1.82) is 5.26 Å². The number of rotatable bonds is 6. The number of benzene rings is 2. The molecule has 0 saturated carbocycles. The molecule has 6 rings (SSSR count). The number of fused-ring (bicyclic) bond motifs is 2. The van der Waals surface area contributed by atoms with Crippen molar-refractivity contribution in [2.75, 3.05) is 5.73 Å². The Hall–Kier alpha value is -4.82. The number of anilines is 1. The molecule has 0 aliphatic heterocycles. The number of nitrogens with one attached hydrogen (secondary N) is 2. The molecule has 0 saturated heterocycles. The van der Waals surface area contributed by atoms with Gasteiger partial charge in [0.1, 0.15) is 11.8 Å². The Balaban J connectivity index is 1.34. The van der Waals surface area contributed by atoms with Crippen molar-refractivity contribution in [2.24, 2.45) is 0 Å². The quantitative estimate of drug-likeness (QED) is 0.242. The van der Waals surface area contributed by atoms with Crippen LogP contribution in [0.1, 0.15) is 52.0 Å². The Morgan fingerprint density at radius 1 is 1.22 bits per heavy atom. The smallest absolute Gasteiger partial charge is 0.253 e. The minimum atomic E-state index is -2.69. The Morgan fingerprint density at radius 2 is 2.07 bits per heavy atom. The van der Waals surface area contributed by atoms with Crippen molar-refractivity contribution >= 4 is 51.0 Å². The summed E-state index contributed by atoms with van der Waals surface area (Å²) < 4.78 is 29.6. The van der Waals surface area contributed by atoms with Gasteiger partial charge in [-0.3, -0.25) is 4.79 Å². The first-order chi connectivity index (χ1) is 19.7. The highest BCUT2D eigenvalue weighted by Gasteiger charge is 2.31. The van der Waals surface area contributed by atoms with E-state index in [0.717, 1.165) is 33.3 Å². The van der Waals surface area contributed by atoms with E-state index in [9.17, 15) is 13.6 Å². The van der Waals surface area contributed by atoms with Crippen LogP contribution < -0.4 is 11.1 Å². The van der Waals surface area contributed by atoms with E-state index in [4.69, 9.17) is 22.6 Å². The van der Waals surface area contributed by atoms with Crippen LogP contribution in [0.4, 0.5) is 14.6 Å². The maximum absolute atomic E-state index is 13.9. The SMILES string of the molecule is N#Cc1ccc(C(=O)NCc2cc3cc(C4=CCC(F)(F)CC4)cc(Cn4cnc5c(N)ncnc54)c3[nH]2)c(Cl)c1. The first-order valence-electron chi connectivity index (χ1n) is 12.8. The van der Waals surface area contributed by atoms with Gasteiger partial charge >= 0.3 is 0 Å². The molecule has 1 aliphatic carbocycles. The number of aromatic nitrogens is 5. The number of H-pyrrole nitrogens is 1. The van der Waals surface area contributed by atoms with Gasteiger partial charge in [0.15, 0.2) is 11.5 Å². The number of carbonyl (C=O) groups is 1. The number of allylic oxidation sites excluding steroid dienone is 2. The molecule has 0 spiro atoms. The molecular formula is C29H23ClF2N8O. The number of nitrogen functional groups attached to an aromatic ring is 1. The number of aromatic amines is 1. The topological polar surface area (TPSA) is 138 Å². The number of carbonyl (C=O) groups excluding carboxylic acids is 1. The zero-order chi connectivity index (χ0) is 28.7. The first-order valence-corrected chi connectivity index (χ1v) is 13.2. The molecule has 2 aromatic carbocycles. The van der Waals surface area contributed by atoms with E-state index in [1.54, 1.807) is 12.4 Å². The van der Waals surface area contributed by atoms with Gasteiger partial charge in [-0.1, -0.05) is 17.7 Å². The van der Waals surface area contributed by atoms with E-state index in [1.807, 2.05) is 28.8 Å². The second-order valence-corrected chi connectivity index (χ2v) is 10.4. The summed E-state index contributed by atoms with van der Waals surface area (Å²) in [7, 11) is 0. The number of alkyl halides is 2. The van der Waals surface area contributed by atoms with Crippen LogP contribution in [0.3, 0.4) is 0 Å². The molecule has 0 bridgehead atoms. The number of nitrogens with zero attached hydrogens (tertiary/aromatic N) is 5. The fourth-order valence-corrected chi connectivity index (χ4v) is 5.34. The fraction of sp³-hybridized carbons (Fsp3) is 0.207. The third-order valence-electron chi connectivity index (χ3n) is 7.20. The van der Waals surface area contributed by atoms with Gasteiger partial charge in [0.2, 0.25) is 0 Å². The molecule has 0 atom stereocenters. The van der Waals surface area contributed by atoms with Crippen LogP contribution in [-0.2, 0) is 13.1 Å². The number of hydrogen-bond donors (Lipinski definition) is 3. The van der Waals surface area contributed by atoms with E-state index < -0.39 is 5.92 Å². The lowest BCUT2D eigenvalue weighted by molar-refractivity contribution is -0.00603. The van der Waals surface area contributed by atoms with Gasteiger partial charge < -0.3 is 20.6 Å². The second-order valence-electron chi connectivity index (χ2n) is 9.98. The van der Waals surface area contributed by atoms with E-state index in [0.29, 0.717) is 23.3 Å². The summed E-state index contributed by atoms with van der Waals surface area (Å²) in [5.41, 5.74) is 11.9. The average Bonchev–Trinajstić information content (AvgIpc) is 3.56. The predicted molar refractivity (Wildman–Crippen MR) is 151 cm³/mol. The third kappa shape index (κ3) is 5.21. The van der Waals surface area contributed by atoms with Crippen molar-refractivity contribution in [2.45, 2.75) is 38.3 Å². The van der Waals surface area contributed by atoms with Crippen molar-refractivity contribution in [3.8, 4) is 6.07 Å². The van der Waals surface area contributed by atoms with Crippen molar-refractivity contribution in [1.82, 2.24) is 29.8 Å². The molecule has 5 aromatic rings. The minimum absolute atomic E-state index is 0.186. The summed E-state index contributed by atoms with van der Waals surface area (Å²) in [6.07, 6.45) is 4.42. The van der Waals surface area contributed by atoms with Crippen molar-refractivity contribution < 1.29 is 13.6 Å². The number of nitrogens with two attached hydrogens (primary N) is 1. The van der Waals surface area contributed by atoms with Crippen molar-refractivity contribution in [3.63, 3.8) is 0 Å². The standard InChI is InChI=1S/C29H23ClF2N8O/c30-23-7-16(11-33)1-2-22(23)28(41)35-12-21-10-19-8-18(17-3-5-29(31,32)6-4-17)9-20(24(19)39-21)13-40-15-38-25-26(34)36-14-37-27(25)40/h1-3,7-10,14-15,39H,4-6,12-13H2,(H,35,41)(H2,34,36,37). The maximum atomic E-state index is 13.9. The molecule has 41 heavy (non-hydrogen) atoms. The molecule has 1 aliphatic rings. The zero-order valence-corrected chi connectivity index (χ0v) is 22.3. The lowest BCUT2D eigenvalue weighted by atomic mass is 9.90. The Bertz CT molecular complexity index is 1900. The van der Waals surface area contributed by atoms with E-state index in [2.05, 4.69) is 25.3 Å². The number of halogens is 3. The van der Waals surface area contributed by atoms with Crippen LogP contribution in [0.2, 0.25) is 5.02 Å². The van der Waals surface area contributed by atoms with Gasteiger partial charge in [-0.05, 0) is 59.5 Å². The summed E-state index contributed by atoms with van der Waals surface area (Å²) in [6, 6.07) is 12.4. The average molecular weight is 573 g/mol. The highest BCUT2D eigenvalue weighted by Crippen LogP contribution is 2.38. The van der Waals surface area contributed by atoms with Gasteiger partial charge in [0, 0.05) is 23.9 Å². The molecule has 3 heterocycles. The zero-order valence-electron chi connectivity index (χ0n) is 21.6. The largest absolute Gasteiger partial charge is 0.382 e. The van der Waals surface area contributed by atoms with Crippen LogP contribution in [0.25, 0.3) is 27.6 Å². The molecule has 9 nitrogen and oxygen atoms in total. The number of imidazole rings is 1. The molecule has 0 fully saturated rings. The van der Waals surface area contributed by atoms with Gasteiger partial charge in [0.05, 0.1) is 47.2 Å². The Labute approximate surface area is 237 Å². The van der Waals surface area contributed by atoms with E-state index in [1.165, 1.54) is 24.5 Å². The van der Waals surface area contributed by atoms with Gasteiger partial charge in [-0.25, -0.2) is 23.7 Å². The summed E-state index contributed by atoms with van der Waals surface area (Å²) in [6.45, 7) is 0.569. The number of nitriles is 1. The minimum Gasteiger partial charge on any atom is -0.382 e. The number of amides is 1. The predicted octanol–water partition coefficient (Wildman–Crippen LogP) is 5.60. The summed E-state index contributed by atoms with van der Waals surface area (Å²) >= 11 is 6.20. The Kier molecular flexibility index (Phi) is 6.63. The molecule has 3 aromatic heterocycles. The van der Waals surface area contributed by atoms with Gasteiger partial charge in [-0.2, -0.15) is 5.26 Å². The maximum Gasteiger partial charge on any atom is 0.253 e. The van der Waals surface area contributed by atoms with Gasteiger partial charge in [-0.15, -0.1) is 0 Å². The van der Waals surface area contributed by atoms with E-state index in [-0.39, 0.29) is 48.1 Å². The van der Waals surface area contributed by atoms with Crippen LogP contribution in [0, 0.1) is 11.3 Å². The third-order valence-corrected chi connectivity index (χ3v) is 7.51. The fourth-order valence-electron chi connectivity index (χ4n) is 5.08. The molecule has 0 radical (unpaired) electrons. The summed E-state index contributed by atoms with van der Waals surface area (Å²) in [4.78, 5) is 28.9. The summed E-state index contributed by atoms with van der Waals surface area (Å²) in [5.74, 6) is -2.79. The molecular weight excluding hydrogens is 550 g/mol. The lowest BCUT2D eigenvalue weighted by Crippen LogP contribution is -2.23. The Morgan fingerprint density at radius 3 is 2.83 bits per heavy atom. The monoisotopic (exact) mass is 572 g/mol. The van der Waals surface area contributed by atoms with Crippen LogP contribution in [-0.4, -0.2) is 36.3 Å². The molecule has 0 unspecified atom stereocenters.